The van der Waals surface area contributed by atoms with Gasteiger partial charge in [0, 0.05) is 5.41 Å². The van der Waals surface area contributed by atoms with E-state index in [4.69, 9.17) is 11.2 Å². The number of aliphatic hydroxyl groups excluding tert-OH is 1. The molecule has 4 nitrogen and oxygen atoms in total. The summed E-state index contributed by atoms with van der Waals surface area (Å²) in [7, 11) is -3.52. The van der Waals surface area contributed by atoms with Crippen LogP contribution in [0.15, 0.2) is 46.7 Å². The summed E-state index contributed by atoms with van der Waals surface area (Å²) in [5.74, 6) is 2.25. The number of aliphatic hydroxyl groups is 1. The molecule has 0 heterocycles. The van der Waals surface area contributed by atoms with E-state index < -0.39 is 15.9 Å². The minimum absolute atomic E-state index is 0.0367. The van der Waals surface area contributed by atoms with Crippen molar-refractivity contribution in [2.24, 2.45) is 0 Å². The first-order valence-corrected chi connectivity index (χ1v) is 6.78. The molecular formula is C13H14O4S. The van der Waals surface area contributed by atoms with E-state index >= 15 is 0 Å². The summed E-state index contributed by atoms with van der Waals surface area (Å²) in [6.45, 7) is 0.0430. The molecular weight excluding hydrogens is 252 g/mol. The average Bonchev–Trinajstić information content (AvgIpc) is 2.38. The Morgan fingerprint density at radius 3 is 2.67 bits per heavy atom. The molecule has 96 valence electrons. The minimum Gasteiger partial charge on any atom is -0.387 e. The lowest BCUT2D eigenvalue weighted by atomic mass is 10.4. The van der Waals surface area contributed by atoms with Gasteiger partial charge in [-0.05, 0) is 18.2 Å². The second-order valence-electron chi connectivity index (χ2n) is 3.47. The molecule has 0 radical (unpaired) electrons. The van der Waals surface area contributed by atoms with Gasteiger partial charge in [-0.2, -0.15) is 0 Å². The molecule has 1 aromatic rings. The summed E-state index contributed by atoms with van der Waals surface area (Å²) < 4.78 is 28.5. The SMILES string of the molecule is C#CCOCC(O)/C=C/S(=O)(=O)c1ccccc1. The van der Waals surface area contributed by atoms with Gasteiger partial charge in [-0.1, -0.05) is 24.1 Å². The number of rotatable bonds is 6. The summed E-state index contributed by atoms with van der Waals surface area (Å²) >= 11 is 0. The van der Waals surface area contributed by atoms with Crippen molar-refractivity contribution in [2.45, 2.75) is 11.0 Å². The van der Waals surface area contributed by atoms with Crippen molar-refractivity contribution in [1.29, 1.82) is 0 Å². The Morgan fingerprint density at radius 2 is 2.06 bits per heavy atom. The highest BCUT2D eigenvalue weighted by Gasteiger charge is 2.10. The van der Waals surface area contributed by atoms with Gasteiger partial charge in [0.25, 0.3) is 0 Å². The molecule has 1 N–H and O–H groups in total. The van der Waals surface area contributed by atoms with Gasteiger partial charge in [-0.25, -0.2) is 8.42 Å². The molecule has 0 aliphatic carbocycles. The van der Waals surface area contributed by atoms with Gasteiger partial charge in [0.1, 0.15) is 6.61 Å². The predicted molar refractivity (Wildman–Crippen MR) is 68.4 cm³/mol. The van der Waals surface area contributed by atoms with Crippen LogP contribution in [0.5, 0.6) is 0 Å². The summed E-state index contributed by atoms with van der Waals surface area (Å²) in [5.41, 5.74) is 0. The largest absolute Gasteiger partial charge is 0.387 e. The van der Waals surface area contributed by atoms with E-state index in [1.165, 1.54) is 18.2 Å². The van der Waals surface area contributed by atoms with Gasteiger partial charge in [-0.3, -0.25) is 0 Å². The molecule has 1 atom stereocenters. The first kappa shape index (κ1) is 14.5. The molecule has 0 aliphatic rings. The van der Waals surface area contributed by atoms with Crippen molar-refractivity contribution >= 4 is 9.84 Å². The zero-order valence-corrected chi connectivity index (χ0v) is 10.5. The smallest absolute Gasteiger partial charge is 0.199 e. The molecule has 0 aromatic heterocycles. The number of benzene rings is 1. The van der Waals surface area contributed by atoms with Crippen molar-refractivity contribution in [2.75, 3.05) is 13.2 Å². The lowest BCUT2D eigenvalue weighted by Gasteiger charge is -2.04. The molecule has 0 amide bonds. The van der Waals surface area contributed by atoms with E-state index in [0.29, 0.717) is 0 Å². The predicted octanol–water partition coefficient (Wildman–Crippen LogP) is 0.985. The van der Waals surface area contributed by atoms with Crippen LogP contribution < -0.4 is 0 Å². The summed E-state index contributed by atoms with van der Waals surface area (Å²) in [5, 5.41) is 10.4. The Labute approximate surface area is 107 Å². The zero-order chi connectivity index (χ0) is 13.4. The molecule has 0 bridgehead atoms. The fourth-order valence-corrected chi connectivity index (χ4v) is 2.26. The Morgan fingerprint density at radius 1 is 1.39 bits per heavy atom. The van der Waals surface area contributed by atoms with Gasteiger partial charge < -0.3 is 9.84 Å². The average molecular weight is 266 g/mol. The van der Waals surface area contributed by atoms with Gasteiger partial charge in [0.05, 0.1) is 17.6 Å². The molecule has 18 heavy (non-hydrogen) atoms. The summed E-state index contributed by atoms with van der Waals surface area (Å²) in [6, 6.07) is 7.97. The third kappa shape index (κ3) is 4.72. The highest BCUT2D eigenvalue weighted by atomic mass is 32.2. The quantitative estimate of drug-likeness (QED) is 0.616. The first-order valence-electron chi connectivity index (χ1n) is 5.24. The number of terminal acetylenes is 1. The van der Waals surface area contributed by atoms with Crippen LogP contribution in [-0.4, -0.2) is 32.8 Å². The van der Waals surface area contributed by atoms with Crippen LogP contribution in [0.25, 0.3) is 0 Å². The standard InChI is InChI=1S/C13H14O4S/c1-2-9-17-11-12(14)8-10-18(15,16)13-6-4-3-5-7-13/h1,3-8,10,12,14H,9,11H2/b10-8+. The normalized spacial score (nSPS) is 13.3. The third-order valence-corrected chi connectivity index (χ3v) is 3.47. The van der Waals surface area contributed by atoms with Crippen molar-refractivity contribution in [3.8, 4) is 12.3 Å². The van der Waals surface area contributed by atoms with Gasteiger partial charge in [0.2, 0.25) is 0 Å². The van der Waals surface area contributed by atoms with E-state index in [0.717, 1.165) is 5.41 Å². The minimum atomic E-state index is -3.52. The number of hydrogen-bond donors (Lipinski definition) is 1. The first-order chi connectivity index (χ1) is 8.56. The van der Waals surface area contributed by atoms with Crippen LogP contribution >= 0.6 is 0 Å². The lowest BCUT2D eigenvalue weighted by molar-refractivity contribution is 0.0774. The van der Waals surface area contributed by atoms with E-state index in [2.05, 4.69) is 5.92 Å². The number of sulfone groups is 1. The topological polar surface area (TPSA) is 63.6 Å². The molecule has 0 aliphatic heterocycles. The Hall–Kier alpha value is -1.61. The van der Waals surface area contributed by atoms with Crippen molar-refractivity contribution in [1.82, 2.24) is 0 Å². The maximum Gasteiger partial charge on any atom is 0.199 e. The van der Waals surface area contributed by atoms with Crippen LogP contribution in [0.2, 0.25) is 0 Å². The number of hydrogen-bond acceptors (Lipinski definition) is 4. The van der Waals surface area contributed by atoms with Crippen molar-refractivity contribution < 1.29 is 18.3 Å². The zero-order valence-electron chi connectivity index (χ0n) is 9.69. The van der Waals surface area contributed by atoms with Crippen molar-refractivity contribution in [3.05, 3.63) is 41.8 Å². The summed E-state index contributed by atoms with van der Waals surface area (Å²) in [6.07, 6.45) is 5.13. The van der Waals surface area contributed by atoms with E-state index in [1.807, 2.05) is 0 Å². The second kappa shape index (κ2) is 6.97. The highest BCUT2D eigenvalue weighted by Crippen LogP contribution is 2.11. The van der Waals surface area contributed by atoms with Crippen LogP contribution in [0.4, 0.5) is 0 Å². The molecule has 0 saturated heterocycles. The second-order valence-corrected chi connectivity index (χ2v) is 5.31. The monoisotopic (exact) mass is 266 g/mol. The van der Waals surface area contributed by atoms with Gasteiger partial charge in [0.15, 0.2) is 9.84 Å². The van der Waals surface area contributed by atoms with E-state index in [1.54, 1.807) is 18.2 Å². The van der Waals surface area contributed by atoms with Crippen LogP contribution in [0, 0.1) is 12.3 Å². The van der Waals surface area contributed by atoms with Crippen LogP contribution in [-0.2, 0) is 14.6 Å². The van der Waals surface area contributed by atoms with E-state index in [9.17, 15) is 13.5 Å². The molecule has 5 heteroatoms. The Bertz CT molecular complexity index is 526. The lowest BCUT2D eigenvalue weighted by Crippen LogP contribution is -2.13. The van der Waals surface area contributed by atoms with Gasteiger partial charge >= 0.3 is 0 Å². The molecule has 1 rings (SSSR count). The molecule has 1 aromatic carbocycles. The molecule has 1 unspecified atom stereocenters. The third-order valence-electron chi connectivity index (χ3n) is 2.03. The maximum absolute atomic E-state index is 11.8. The Balaban J connectivity index is 2.64. The van der Waals surface area contributed by atoms with Crippen molar-refractivity contribution in [3.63, 3.8) is 0 Å². The number of ether oxygens (including phenoxy) is 1. The summed E-state index contributed by atoms with van der Waals surface area (Å²) in [4.78, 5) is 0.179. The van der Waals surface area contributed by atoms with Crippen LogP contribution in [0.1, 0.15) is 0 Å². The Kier molecular flexibility index (Phi) is 5.59. The molecule has 0 saturated carbocycles. The van der Waals surface area contributed by atoms with Gasteiger partial charge in [-0.15, -0.1) is 6.42 Å². The highest BCUT2D eigenvalue weighted by molar-refractivity contribution is 7.94. The van der Waals surface area contributed by atoms with E-state index in [-0.39, 0.29) is 18.1 Å². The maximum atomic E-state index is 11.8. The fourth-order valence-electron chi connectivity index (χ4n) is 1.18. The molecule has 0 fully saturated rings. The molecule has 0 spiro atoms. The fraction of sp³-hybridized carbons (Fsp3) is 0.231. The van der Waals surface area contributed by atoms with Crippen LogP contribution in [0.3, 0.4) is 0 Å².